The fourth-order valence-corrected chi connectivity index (χ4v) is 4.05. The fraction of sp³-hybridized carbons (Fsp3) is 0.280. The Morgan fingerprint density at radius 1 is 1.06 bits per heavy atom. The van der Waals surface area contributed by atoms with Crippen molar-refractivity contribution < 1.29 is 19.0 Å². The Kier molecular flexibility index (Phi) is 6.33. The molecule has 1 fully saturated rings. The van der Waals surface area contributed by atoms with Crippen LogP contribution in [-0.4, -0.2) is 43.4 Å². The molecule has 1 aliphatic rings. The Labute approximate surface area is 191 Å². The summed E-state index contributed by atoms with van der Waals surface area (Å²) in [6, 6.07) is 13.2. The second-order valence-electron chi connectivity index (χ2n) is 7.92. The Bertz CT molecular complexity index is 1220. The van der Waals surface area contributed by atoms with E-state index >= 15 is 0 Å². The molecule has 0 aliphatic carbocycles. The third-order valence-electron chi connectivity index (χ3n) is 5.88. The zero-order valence-corrected chi connectivity index (χ0v) is 18.5. The summed E-state index contributed by atoms with van der Waals surface area (Å²) in [6.45, 7) is 1.50. The highest BCUT2D eigenvalue weighted by Gasteiger charge is 2.23. The largest absolute Gasteiger partial charge is 0.504 e. The van der Waals surface area contributed by atoms with E-state index in [1.165, 1.54) is 19.2 Å². The molecular formula is C25H25FN4O3. The lowest BCUT2D eigenvalue weighted by Crippen LogP contribution is -2.40. The van der Waals surface area contributed by atoms with Gasteiger partial charge in [-0.15, -0.1) is 0 Å². The number of anilines is 1. The van der Waals surface area contributed by atoms with Gasteiger partial charge in [-0.05, 0) is 42.7 Å². The first-order chi connectivity index (χ1) is 15.9. The van der Waals surface area contributed by atoms with Gasteiger partial charge in [-0.3, -0.25) is 0 Å². The number of nitrogens with zero attached hydrogens (tertiary/aromatic N) is 3. The van der Waals surface area contributed by atoms with Crippen LogP contribution in [0.25, 0.3) is 22.4 Å². The van der Waals surface area contributed by atoms with E-state index in [1.54, 1.807) is 31.4 Å². The summed E-state index contributed by atoms with van der Waals surface area (Å²) in [5.41, 5.74) is 8.21. The van der Waals surface area contributed by atoms with E-state index < -0.39 is 5.82 Å². The van der Waals surface area contributed by atoms with Crippen LogP contribution in [0.4, 0.5) is 10.2 Å². The third kappa shape index (κ3) is 4.41. The molecular weight excluding hydrogens is 423 g/mol. The number of ether oxygens (including phenoxy) is 2. The smallest absolute Gasteiger partial charge is 0.160 e. The van der Waals surface area contributed by atoms with Crippen molar-refractivity contribution in [1.82, 2.24) is 4.98 Å². The minimum absolute atomic E-state index is 0.0388. The molecule has 2 aromatic carbocycles. The number of hydrogen-bond donors (Lipinski definition) is 2. The van der Waals surface area contributed by atoms with E-state index in [4.69, 9.17) is 25.5 Å². The quantitative estimate of drug-likeness (QED) is 0.606. The number of phenols is 1. The van der Waals surface area contributed by atoms with Gasteiger partial charge in [0.2, 0.25) is 0 Å². The van der Waals surface area contributed by atoms with Crippen LogP contribution >= 0.6 is 0 Å². The van der Waals surface area contributed by atoms with E-state index in [1.807, 2.05) is 12.1 Å². The zero-order chi connectivity index (χ0) is 23.5. The predicted molar refractivity (Wildman–Crippen MR) is 124 cm³/mol. The van der Waals surface area contributed by atoms with E-state index in [0.717, 1.165) is 25.9 Å². The molecule has 0 atom stereocenters. The lowest BCUT2D eigenvalue weighted by molar-refractivity contribution is 0.373. The molecule has 33 heavy (non-hydrogen) atoms. The maximum absolute atomic E-state index is 14.6. The second-order valence-corrected chi connectivity index (χ2v) is 7.92. The number of methoxy groups -OCH3 is 2. The molecule has 3 aromatic rings. The molecule has 3 N–H and O–H groups in total. The number of piperidine rings is 1. The van der Waals surface area contributed by atoms with Crippen molar-refractivity contribution in [3.8, 4) is 45.7 Å². The number of benzene rings is 2. The monoisotopic (exact) mass is 448 g/mol. The molecule has 7 nitrogen and oxygen atoms in total. The molecule has 1 aliphatic heterocycles. The van der Waals surface area contributed by atoms with Crippen LogP contribution in [0, 0.1) is 17.1 Å². The first-order valence-electron chi connectivity index (χ1n) is 10.6. The van der Waals surface area contributed by atoms with Gasteiger partial charge in [0.15, 0.2) is 11.5 Å². The summed E-state index contributed by atoms with van der Waals surface area (Å²) in [5.74, 6) is 0.883. The maximum atomic E-state index is 14.6. The standard InChI is InChI=1S/C25H25FN4O3/c1-32-21-6-5-15(12-20(21)31)24-22(33-2)13-23(30-9-7-18(28)8-10-30)29-25(24)16-3-4-17(14-27)19(26)11-16/h3-6,11-13,18,31H,7-10,28H2,1-2H3. The summed E-state index contributed by atoms with van der Waals surface area (Å²) < 4.78 is 25.4. The van der Waals surface area contributed by atoms with Crippen molar-refractivity contribution in [1.29, 1.82) is 5.26 Å². The number of aromatic nitrogens is 1. The zero-order valence-electron chi connectivity index (χ0n) is 18.5. The van der Waals surface area contributed by atoms with E-state index in [0.29, 0.717) is 39.7 Å². The Morgan fingerprint density at radius 2 is 1.76 bits per heavy atom. The SMILES string of the molecule is COc1ccc(-c2c(OC)cc(N3CCC(N)CC3)nc2-c2ccc(C#N)c(F)c2)cc1O. The highest BCUT2D eigenvalue weighted by atomic mass is 19.1. The third-order valence-corrected chi connectivity index (χ3v) is 5.88. The van der Waals surface area contributed by atoms with Crippen LogP contribution in [0.2, 0.25) is 0 Å². The molecule has 4 rings (SSSR count). The number of phenolic OH excluding ortho intramolecular Hbond substituents is 1. The van der Waals surface area contributed by atoms with Crippen molar-refractivity contribution >= 4 is 5.82 Å². The molecule has 170 valence electrons. The highest BCUT2D eigenvalue weighted by molar-refractivity contribution is 5.87. The Hall–Kier alpha value is -3.83. The van der Waals surface area contributed by atoms with E-state index in [-0.39, 0.29) is 17.4 Å². The van der Waals surface area contributed by atoms with Crippen LogP contribution in [0.5, 0.6) is 17.2 Å². The number of nitrogens with two attached hydrogens (primary N) is 1. The normalized spacial score (nSPS) is 14.1. The molecule has 1 aromatic heterocycles. The molecule has 1 saturated heterocycles. The number of rotatable bonds is 5. The van der Waals surface area contributed by atoms with Gasteiger partial charge in [0.05, 0.1) is 31.0 Å². The minimum Gasteiger partial charge on any atom is -0.504 e. The molecule has 0 bridgehead atoms. The summed E-state index contributed by atoms with van der Waals surface area (Å²) in [4.78, 5) is 7.02. The molecule has 8 heteroatoms. The summed E-state index contributed by atoms with van der Waals surface area (Å²) >= 11 is 0. The van der Waals surface area contributed by atoms with Crippen LogP contribution in [-0.2, 0) is 0 Å². The lowest BCUT2D eigenvalue weighted by Gasteiger charge is -2.32. The average Bonchev–Trinajstić information content (AvgIpc) is 2.83. The van der Waals surface area contributed by atoms with Gasteiger partial charge >= 0.3 is 0 Å². The molecule has 0 amide bonds. The molecule has 0 spiro atoms. The summed E-state index contributed by atoms with van der Waals surface area (Å²) in [7, 11) is 3.03. The molecule has 0 radical (unpaired) electrons. The van der Waals surface area contributed by atoms with Gasteiger partial charge in [0.25, 0.3) is 0 Å². The topological polar surface area (TPSA) is 105 Å². The lowest BCUT2D eigenvalue weighted by atomic mass is 9.96. The number of aromatic hydroxyl groups is 1. The average molecular weight is 448 g/mol. The molecule has 0 saturated carbocycles. The van der Waals surface area contributed by atoms with Crippen LogP contribution < -0.4 is 20.1 Å². The van der Waals surface area contributed by atoms with E-state index in [2.05, 4.69) is 4.90 Å². The Balaban J connectivity index is 1.93. The van der Waals surface area contributed by atoms with Gasteiger partial charge in [0.1, 0.15) is 23.5 Å². The second kappa shape index (κ2) is 9.35. The van der Waals surface area contributed by atoms with Gasteiger partial charge < -0.3 is 25.2 Å². The number of halogens is 1. The molecule has 0 unspecified atom stereocenters. The van der Waals surface area contributed by atoms with Gasteiger partial charge in [-0.2, -0.15) is 5.26 Å². The van der Waals surface area contributed by atoms with Crippen molar-refractivity contribution in [2.75, 3.05) is 32.2 Å². The van der Waals surface area contributed by atoms with E-state index in [9.17, 15) is 9.50 Å². The predicted octanol–water partition coefficient (Wildman–Crippen LogP) is 4.08. The van der Waals surface area contributed by atoms with Crippen LogP contribution in [0.15, 0.2) is 42.5 Å². The first-order valence-corrected chi connectivity index (χ1v) is 10.6. The fourth-order valence-electron chi connectivity index (χ4n) is 4.05. The van der Waals surface area contributed by atoms with Gasteiger partial charge in [-0.25, -0.2) is 9.37 Å². The minimum atomic E-state index is -0.631. The van der Waals surface area contributed by atoms with Gasteiger partial charge in [-0.1, -0.05) is 12.1 Å². The summed E-state index contributed by atoms with van der Waals surface area (Å²) in [6.07, 6.45) is 1.69. The van der Waals surface area contributed by atoms with Crippen molar-refractivity contribution in [2.45, 2.75) is 18.9 Å². The maximum Gasteiger partial charge on any atom is 0.160 e. The molecule has 2 heterocycles. The van der Waals surface area contributed by atoms with Crippen LogP contribution in [0.1, 0.15) is 18.4 Å². The van der Waals surface area contributed by atoms with Gasteiger partial charge in [0, 0.05) is 30.8 Å². The number of nitriles is 1. The number of pyridine rings is 1. The first kappa shape index (κ1) is 22.4. The number of hydrogen-bond acceptors (Lipinski definition) is 7. The van der Waals surface area contributed by atoms with Crippen molar-refractivity contribution in [3.05, 3.63) is 53.8 Å². The summed E-state index contributed by atoms with van der Waals surface area (Å²) in [5, 5.41) is 19.5. The van der Waals surface area contributed by atoms with Crippen molar-refractivity contribution in [2.24, 2.45) is 5.73 Å². The van der Waals surface area contributed by atoms with Crippen molar-refractivity contribution in [3.63, 3.8) is 0 Å². The Morgan fingerprint density at radius 3 is 2.36 bits per heavy atom. The van der Waals surface area contributed by atoms with Crippen LogP contribution in [0.3, 0.4) is 0 Å². The highest BCUT2D eigenvalue weighted by Crippen LogP contribution is 2.43.